The molecular weight excluding hydrogens is 441 g/mol. The van der Waals surface area contributed by atoms with Gasteiger partial charge in [0.1, 0.15) is 5.15 Å². The number of alkyl halides is 3. The van der Waals surface area contributed by atoms with Crippen molar-refractivity contribution in [1.82, 2.24) is 15.2 Å². The summed E-state index contributed by atoms with van der Waals surface area (Å²) < 4.78 is 40.2. The second-order valence-electron chi connectivity index (χ2n) is 8.28. The zero-order valence-corrected chi connectivity index (χ0v) is 18.7. The minimum Gasteiger partial charge on any atom is -0.267 e. The summed E-state index contributed by atoms with van der Waals surface area (Å²) in [5.41, 5.74) is 4.12. The topological polar surface area (TPSA) is 59.3 Å². The van der Waals surface area contributed by atoms with Crippen molar-refractivity contribution in [1.29, 1.82) is 0 Å². The molecule has 1 amide bonds. The molecule has 2 aromatic carbocycles. The van der Waals surface area contributed by atoms with Gasteiger partial charge in [-0.1, -0.05) is 50.6 Å². The molecule has 1 N–H and O–H groups in total. The fraction of sp³-hybridized carbons (Fsp3) is 0.261. The van der Waals surface area contributed by atoms with Gasteiger partial charge in [-0.25, -0.2) is 10.1 Å². The molecule has 1 aromatic heterocycles. The van der Waals surface area contributed by atoms with Crippen molar-refractivity contribution in [2.24, 2.45) is 5.10 Å². The number of aryl methyl sites for hydroxylation is 1. The fourth-order valence-electron chi connectivity index (χ4n) is 2.98. The Hall–Kier alpha value is -3.13. The lowest BCUT2D eigenvalue weighted by molar-refractivity contribution is -0.137. The van der Waals surface area contributed by atoms with Crippen LogP contribution in [0, 0.1) is 6.92 Å². The second-order valence-corrected chi connectivity index (χ2v) is 8.63. The van der Waals surface area contributed by atoms with Crippen molar-refractivity contribution in [3.63, 3.8) is 0 Å². The molecule has 0 unspecified atom stereocenters. The number of hydrogen-bond donors (Lipinski definition) is 1. The molecule has 0 spiro atoms. The van der Waals surface area contributed by atoms with Crippen LogP contribution in [-0.4, -0.2) is 21.9 Å². The maximum atomic E-state index is 13.0. The molecule has 0 aliphatic carbocycles. The van der Waals surface area contributed by atoms with Crippen LogP contribution in [0.15, 0.2) is 53.6 Å². The Bertz CT molecular complexity index is 1160. The van der Waals surface area contributed by atoms with Gasteiger partial charge in [-0.15, -0.1) is 0 Å². The Balaban J connectivity index is 1.78. The first-order valence-corrected chi connectivity index (χ1v) is 10.1. The highest BCUT2D eigenvalue weighted by Crippen LogP contribution is 2.31. The second kappa shape index (κ2) is 8.78. The van der Waals surface area contributed by atoms with Crippen molar-refractivity contribution in [3.8, 4) is 5.69 Å². The molecule has 3 aromatic rings. The van der Waals surface area contributed by atoms with E-state index in [4.69, 9.17) is 11.6 Å². The molecule has 0 bridgehead atoms. The molecule has 9 heteroatoms. The van der Waals surface area contributed by atoms with Gasteiger partial charge in [0.15, 0.2) is 0 Å². The zero-order valence-electron chi connectivity index (χ0n) is 18.0. The number of benzene rings is 2. The number of carbonyl (C=O) groups is 1. The maximum absolute atomic E-state index is 13.0. The third-order valence-electron chi connectivity index (χ3n) is 4.84. The van der Waals surface area contributed by atoms with Gasteiger partial charge in [0.05, 0.1) is 28.7 Å². The third kappa shape index (κ3) is 5.19. The van der Waals surface area contributed by atoms with Crippen LogP contribution < -0.4 is 5.43 Å². The molecule has 3 rings (SSSR count). The number of aromatic nitrogens is 2. The van der Waals surface area contributed by atoms with Crippen LogP contribution in [0.4, 0.5) is 13.2 Å². The number of hydrogen-bond acceptors (Lipinski definition) is 3. The fourth-order valence-corrected chi connectivity index (χ4v) is 3.31. The molecular formula is C23H22ClF3N4O. The molecule has 0 aliphatic heterocycles. The van der Waals surface area contributed by atoms with Crippen LogP contribution in [0.3, 0.4) is 0 Å². The summed E-state index contributed by atoms with van der Waals surface area (Å²) in [6.45, 7) is 7.89. The maximum Gasteiger partial charge on any atom is 0.416 e. The minimum absolute atomic E-state index is 0.0266. The van der Waals surface area contributed by atoms with Gasteiger partial charge in [0.2, 0.25) is 0 Å². The summed E-state index contributed by atoms with van der Waals surface area (Å²) in [6, 6.07) is 11.9. The Morgan fingerprint density at radius 1 is 1.09 bits per heavy atom. The molecule has 0 radical (unpaired) electrons. The molecule has 0 atom stereocenters. The van der Waals surface area contributed by atoms with Gasteiger partial charge < -0.3 is 0 Å². The average molecular weight is 463 g/mol. The summed E-state index contributed by atoms with van der Waals surface area (Å²) in [7, 11) is 0. The smallest absolute Gasteiger partial charge is 0.267 e. The Kier molecular flexibility index (Phi) is 6.46. The van der Waals surface area contributed by atoms with Gasteiger partial charge >= 0.3 is 6.18 Å². The lowest BCUT2D eigenvalue weighted by Crippen LogP contribution is -2.18. The predicted molar refractivity (Wildman–Crippen MR) is 119 cm³/mol. The van der Waals surface area contributed by atoms with Crippen molar-refractivity contribution >= 4 is 23.7 Å². The van der Waals surface area contributed by atoms with E-state index in [1.165, 1.54) is 23.0 Å². The first-order valence-electron chi connectivity index (χ1n) is 9.74. The zero-order chi connectivity index (χ0) is 23.7. The number of hydrazone groups is 1. The van der Waals surface area contributed by atoms with E-state index in [-0.39, 0.29) is 16.3 Å². The first kappa shape index (κ1) is 23.5. The normalized spacial score (nSPS) is 12.4. The first-order chi connectivity index (χ1) is 14.9. The van der Waals surface area contributed by atoms with Crippen molar-refractivity contribution in [2.45, 2.75) is 39.3 Å². The summed E-state index contributed by atoms with van der Waals surface area (Å²) in [6.07, 6.45) is -3.17. The molecule has 1 heterocycles. The molecule has 32 heavy (non-hydrogen) atoms. The highest BCUT2D eigenvalue weighted by Gasteiger charge is 2.30. The van der Waals surface area contributed by atoms with E-state index in [9.17, 15) is 18.0 Å². The van der Waals surface area contributed by atoms with Crippen LogP contribution >= 0.6 is 11.6 Å². The minimum atomic E-state index is -4.48. The van der Waals surface area contributed by atoms with Crippen LogP contribution in [0.2, 0.25) is 5.15 Å². The summed E-state index contributed by atoms with van der Waals surface area (Å²) in [5, 5.41) is 8.22. The highest BCUT2D eigenvalue weighted by atomic mass is 35.5. The molecule has 0 fully saturated rings. The predicted octanol–water partition coefficient (Wildman–Crippen LogP) is 5.91. The number of nitrogens with zero attached hydrogens (tertiary/aromatic N) is 3. The summed E-state index contributed by atoms with van der Waals surface area (Å²) in [4.78, 5) is 12.3. The van der Waals surface area contributed by atoms with E-state index in [1.54, 1.807) is 19.1 Å². The number of halogens is 4. The number of amides is 1. The largest absolute Gasteiger partial charge is 0.416 e. The molecule has 168 valence electrons. The van der Waals surface area contributed by atoms with Crippen LogP contribution in [0.5, 0.6) is 0 Å². The highest BCUT2D eigenvalue weighted by molar-refractivity contribution is 6.32. The Labute approximate surface area is 188 Å². The van der Waals surface area contributed by atoms with E-state index >= 15 is 0 Å². The van der Waals surface area contributed by atoms with Crippen molar-refractivity contribution < 1.29 is 18.0 Å². The molecule has 5 nitrogen and oxygen atoms in total. The van der Waals surface area contributed by atoms with Crippen LogP contribution in [-0.2, 0) is 11.6 Å². The van der Waals surface area contributed by atoms with Gasteiger partial charge in [0, 0.05) is 5.56 Å². The van der Waals surface area contributed by atoms with E-state index < -0.39 is 17.6 Å². The standard InChI is InChI=1S/C23H22ClF3N4O/c1-14-19(13-28-29-21(32)15-8-10-16(11-9-15)22(2,3)4)20(24)31(30-14)18-7-5-6-17(12-18)23(25,26)27/h5-13H,1-4H3,(H,29,32). The van der Waals surface area contributed by atoms with Gasteiger partial charge in [-0.05, 0) is 48.2 Å². The molecule has 0 aliphatic rings. The summed E-state index contributed by atoms with van der Waals surface area (Å²) in [5.74, 6) is -0.402. The van der Waals surface area contributed by atoms with E-state index in [2.05, 4.69) is 36.4 Å². The van der Waals surface area contributed by atoms with E-state index in [1.807, 2.05) is 12.1 Å². The Morgan fingerprint density at radius 2 is 1.75 bits per heavy atom. The van der Waals surface area contributed by atoms with Crippen LogP contribution in [0.1, 0.15) is 53.5 Å². The summed E-state index contributed by atoms with van der Waals surface area (Å²) >= 11 is 6.34. The van der Waals surface area contributed by atoms with E-state index in [0.29, 0.717) is 16.8 Å². The number of nitrogens with one attached hydrogen (secondary N) is 1. The monoisotopic (exact) mass is 462 g/mol. The quantitative estimate of drug-likeness (QED) is 0.387. The van der Waals surface area contributed by atoms with Crippen molar-refractivity contribution in [3.05, 3.63) is 81.6 Å². The molecule has 0 saturated heterocycles. The van der Waals surface area contributed by atoms with Gasteiger partial charge in [-0.3, -0.25) is 4.79 Å². The average Bonchev–Trinajstić information content (AvgIpc) is 3.01. The SMILES string of the molecule is Cc1nn(-c2cccc(C(F)(F)F)c2)c(Cl)c1C=NNC(=O)c1ccc(C(C)(C)C)cc1. The van der Waals surface area contributed by atoms with Crippen LogP contribution in [0.25, 0.3) is 5.69 Å². The van der Waals surface area contributed by atoms with Gasteiger partial charge in [0.25, 0.3) is 5.91 Å². The van der Waals surface area contributed by atoms with Gasteiger partial charge in [-0.2, -0.15) is 23.4 Å². The van der Waals surface area contributed by atoms with Crippen molar-refractivity contribution in [2.75, 3.05) is 0 Å². The lowest BCUT2D eigenvalue weighted by atomic mass is 9.87. The number of carbonyl (C=O) groups excluding carboxylic acids is 1. The molecule has 0 saturated carbocycles. The lowest BCUT2D eigenvalue weighted by Gasteiger charge is -2.18. The third-order valence-corrected chi connectivity index (χ3v) is 5.20. The van der Waals surface area contributed by atoms with E-state index in [0.717, 1.165) is 17.7 Å². The number of rotatable bonds is 4. The Morgan fingerprint density at radius 3 is 2.34 bits per heavy atom.